The van der Waals surface area contributed by atoms with Crippen molar-refractivity contribution < 1.29 is 21.9 Å². The second-order valence-electron chi connectivity index (χ2n) is 10.8. The molecule has 0 unspecified atom stereocenters. The summed E-state index contributed by atoms with van der Waals surface area (Å²) in [5, 5.41) is 0. The molecule has 0 amide bonds. The molecule has 0 aliphatic heterocycles. The van der Waals surface area contributed by atoms with Gasteiger partial charge in [-0.15, -0.1) is 0 Å². The van der Waals surface area contributed by atoms with E-state index in [9.17, 15) is 0 Å². The average molecular weight is 519 g/mol. The Morgan fingerprint density at radius 1 is 0.312 bits per heavy atom. The van der Waals surface area contributed by atoms with Crippen LogP contribution < -0.4 is 21.9 Å². The van der Waals surface area contributed by atoms with Gasteiger partial charge in [0.05, 0.1) is 20.6 Å². The molecule has 0 aliphatic carbocycles. The summed E-state index contributed by atoms with van der Waals surface area (Å²) in [6.45, 7) is 3.65. The van der Waals surface area contributed by atoms with Crippen molar-refractivity contribution in [2.24, 2.45) is 0 Å². The number of hydrogen-bond acceptors (Lipinski definition) is 0. The molecule has 0 fully saturated rings. The van der Waals surface area contributed by atoms with Gasteiger partial charge in [-0.2, -0.15) is 0 Å². The van der Waals surface area contributed by atoms with Crippen molar-refractivity contribution in [1.82, 2.24) is 0 Å². The summed E-state index contributed by atoms with van der Waals surface area (Å²) in [6, 6.07) is 0. The fourth-order valence-electron chi connectivity index (χ4n) is 4.79. The molecule has 1 N–H and O–H groups in total. The molecule has 0 aromatic rings. The Kier molecular flexibility index (Phi) is 34.0. The molecule has 0 aromatic heterocycles. The van der Waals surface area contributed by atoms with Gasteiger partial charge >= 0.3 is 0 Å². The van der Waals surface area contributed by atoms with Crippen LogP contribution in [0.4, 0.5) is 0 Å². The van der Waals surface area contributed by atoms with Gasteiger partial charge in [-0.1, -0.05) is 161 Å². The van der Waals surface area contributed by atoms with Crippen LogP contribution in [-0.4, -0.2) is 20.6 Å². The van der Waals surface area contributed by atoms with Crippen molar-refractivity contribution in [3.63, 3.8) is 0 Å². The van der Waals surface area contributed by atoms with Crippen LogP contribution in [-0.2, 0) is 0 Å². The van der Waals surface area contributed by atoms with E-state index in [4.69, 9.17) is 0 Å². The summed E-state index contributed by atoms with van der Waals surface area (Å²) in [5.74, 6) is 0. The topological polar surface area (TPSA) is 4.44 Å². The van der Waals surface area contributed by atoms with E-state index in [2.05, 4.69) is 21.0 Å². The molecule has 0 saturated heterocycles. The van der Waals surface area contributed by atoms with E-state index in [1.165, 1.54) is 173 Å². The van der Waals surface area contributed by atoms with Gasteiger partial charge in [0, 0.05) is 0 Å². The van der Waals surface area contributed by atoms with Gasteiger partial charge in [0.25, 0.3) is 0 Å². The Balaban J connectivity index is 0. The van der Waals surface area contributed by atoms with E-state index in [0.29, 0.717) is 0 Å². The van der Waals surface area contributed by atoms with Gasteiger partial charge in [-0.05, 0) is 12.8 Å². The van der Waals surface area contributed by atoms with Crippen LogP contribution >= 0.6 is 0 Å². The second kappa shape index (κ2) is 31.4. The Morgan fingerprint density at radius 3 is 0.688 bits per heavy atom. The summed E-state index contributed by atoms with van der Waals surface area (Å²) in [4.78, 5) is 1.60. The average Bonchev–Trinajstić information content (AvgIpc) is 2.76. The molecular formula is C30H64BrN. The molecule has 32 heavy (non-hydrogen) atoms. The van der Waals surface area contributed by atoms with Gasteiger partial charge in [0.15, 0.2) is 0 Å². The number of halogens is 1. The Labute approximate surface area is 216 Å². The van der Waals surface area contributed by atoms with E-state index in [1.807, 2.05) is 0 Å². The van der Waals surface area contributed by atoms with Crippen molar-refractivity contribution >= 4 is 0 Å². The molecular weight excluding hydrogens is 454 g/mol. The zero-order valence-corrected chi connectivity index (χ0v) is 24.6. The van der Waals surface area contributed by atoms with E-state index < -0.39 is 0 Å². The third-order valence-electron chi connectivity index (χ3n) is 7.03. The minimum Gasteiger partial charge on any atom is -1.00 e. The van der Waals surface area contributed by atoms with Gasteiger partial charge < -0.3 is 21.9 Å². The van der Waals surface area contributed by atoms with E-state index in [1.54, 1.807) is 4.90 Å². The molecule has 0 atom stereocenters. The number of hydrogen-bond donors (Lipinski definition) is 1. The van der Waals surface area contributed by atoms with Crippen molar-refractivity contribution in [2.45, 2.75) is 174 Å². The fourth-order valence-corrected chi connectivity index (χ4v) is 4.79. The fraction of sp³-hybridized carbons (Fsp3) is 1.00. The summed E-state index contributed by atoms with van der Waals surface area (Å²) in [5.41, 5.74) is 0. The first-order valence-corrected chi connectivity index (χ1v) is 15.1. The van der Waals surface area contributed by atoms with Crippen LogP contribution in [0.15, 0.2) is 0 Å². The summed E-state index contributed by atoms with van der Waals surface area (Å²) < 4.78 is 0. The summed E-state index contributed by atoms with van der Waals surface area (Å²) >= 11 is 0. The quantitative estimate of drug-likeness (QED) is 0.122. The van der Waals surface area contributed by atoms with Gasteiger partial charge in [-0.25, -0.2) is 0 Å². The standard InChI is InChI=1S/C30H63N.BrH/c1-4-5-6-7-8-9-10-11-12-13-14-15-16-17-18-19-20-21-22-23-24-25-26-27-28-29-30-31(2)3;/h4-30H2,1-3H3;1H. The number of rotatable bonds is 27. The van der Waals surface area contributed by atoms with Gasteiger partial charge in [0.2, 0.25) is 0 Å². The Hall–Kier alpha value is 0.440. The maximum absolute atomic E-state index is 2.31. The highest BCUT2D eigenvalue weighted by atomic mass is 79.9. The Bertz CT molecular complexity index is 305. The van der Waals surface area contributed by atoms with Crippen LogP contribution in [0.5, 0.6) is 0 Å². The van der Waals surface area contributed by atoms with Crippen LogP contribution in [0.25, 0.3) is 0 Å². The largest absolute Gasteiger partial charge is 1.00 e. The monoisotopic (exact) mass is 517 g/mol. The lowest BCUT2D eigenvalue weighted by Crippen LogP contribution is -3.05. The highest BCUT2D eigenvalue weighted by molar-refractivity contribution is 4.51. The molecule has 0 heterocycles. The second-order valence-corrected chi connectivity index (χ2v) is 10.8. The van der Waals surface area contributed by atoms with Crippen molar-refractivity contribution in [3.8, 4) is 0 Å². The first-order valence-electron chi connectivity index (χ1n) is 15.1. The van der Waals surface area contributed by atoms with Gasteiger partial charge in [0.1, 0.15) is 0 Å². The number of quaternary nitrogens is 1. The smallest absolute Gasteiger partial charge is 0.0766 e. The molecule has 0 saturated carbocycles. The molecule has 0 radical (unpaired) electrons. The van der Waals surface area contributed by atoms with E-state index >= 15 is 0 Å². The maximum atomic E-state index is 2.31. The third kappa shape index (κ3) is 32.6. The van der Waals surface area contributed by atoms with Crippen molar-refractivity contribution in [3.05, 3.63) is 0 Å². The minimum absolute atomic E-state index is 0. The first-order chi connectivity index (χ1) is 15.3. The van der Waals surface area contributed by atoms with Crippen molar-refractivity contribution in [1.29, 1.82) is 0 Å². The zero-order chi connectivity index (χ0) is 22.7. The molecule has 0 aromatic carbocycles. The first kappa shape index (κ1) is 34.6. The van der Waals surface area contributed by atoms with Crippen molar-refractivity contribution in [2.75, 3.05) is 20.6 Å². The summed E-state index contributed by atoms with van der Waals surface area (Å²) in [6.07, 6.45) is 38.4. The van der Waals surface area contributed by atoms with Crippen LogP contribution in [0, 0.1) is 0 Å². The van der Waals surface area contributed by atoms with Crippen LogP contribution in [0.2, 0.25) is 0 Å². The minimum atomic E-state index is 0. The molecule has 0 spiro atoms. The normalized spacial score (nSPS) is 11.2. The predicted octanol–water partition coefficient (Wildman–Crippen LogP) is 6.30. The molecule has 2 heteroatoms. The van der Waals surface area contributed by atoms with E-state index in [0.717, 1.165) is 0 Å². The van der Waals surface area contributed by atoms with Crippen LogP contribution in [0.1, 0.15) is 174 Å². The molecule has 1 nitrogen and oxygen atoms in total. The third-order valence-corrected chi connectivity index (χ3v) is 7.03. The lowest BCUT2D eigenvalue weighted by Gasteiger charge is -2.06. The predicted molar refractivity (Wildman–Crippen MR) is 143 cm³/mol. The molecule has 196 valence electrons. The lowest BCUT2D eigenvalue weighted by molar-refractivity contribution is -0.858. The maximum Gasteiger partial charge on any atom is 0.0766 e. The molecule has 0 bridgehead atoms. The highest BCUT2D eigenvalue weighted by Gasteiger charge is 1.97. The number of unbranched alkanes of at least 4 members (excludes halogenated alkanes) is 25. The lowest BCUT2D eigenvalue weighted by atomic mass is 10.0. The Morgan fingerprint density at radius 2 is 0.500 bits per heavy atom. The molecule has 0 aliphatic rings. The molecule has 0 rings (SSSR count). The highest BCUT2D eigenvalue weighted by Crippen LogP contribution is 2.15. The van der Waals surface area contributed by atoms with Crippen LogP contribution in [0.3, 0.4) is 0 Å². The zero-order valence-electron chi connectivity index (χ0n) is 23.0. The summed E-state index contributed by atoms with van der Waals surface area (Å²) in [7, 11) is 4.53. The van der Waals surface area contributed by atoms with E-state index in [-0.39, 0.29) is 17.0 Å². The van der Waals surface area contributed by atoms with Gasteiger partial charge in [-0.3, -0.25) is 0 Å². The SMILES string of the molecule is CCCCCCCCCCCCCCCCCCCCCCCCCCCC[NH+](C)C.[Br-]. The number of nitrogens with one attached hydrogen (secondary N) is 1.